The van der Waals surface area contributed by atoms with Crippen molar-refractivity contribution in [3.05, 3.63) is 95.3 Å². The SMILES string of the molecule is Cc1ccccc1-c1ccn2c(C(=O)O)cnc2c1NC(=O)c1cc(-c2ccn(C)n2)c(C(F)(F)F)cc1F. The maximum absolute atomic E-state index is 15.1. The largest absolute Gasteiger partial charge is 0.477 e. The molecule has 0 aliphatic rings. The van der Waals surface area contributed by atoms with Crippen molar-refractivity contribution in [3.63, 3.8) is 0 Å². The fourth-order valence-electron chi connectivity index (χ4n) is 4.36. The molecular formula is C27H19F4N5O3. The maximum atomic E-state index is 15.1. The Morgan fingerprint density at radius 3 is 2.38 bits per heavy atom. The third-order valence-electron chi connectivity index (χ3n) is 6.22. The number of pyridine rings is 1. The number of carbonyl (C=O) groups excluding carboxylic acids is 1. The minimum absolute atomic E-state index is 0.0544. The summed E-state index contributed by atoms with van der Waals surface area (Å²) in [6.45, 7) is 1.83. The molecule has 0 atom stereocenters. The highest BCUT2D eigenvalue weighted by molar-refractivity contribution is 6.10. The van der Waals surface area contributed by atoms with Crippen LogP contribution in [-0.2, 0) is 13.2 Å². The molecule has 0 unspecified atom stereocenters. The summed E-state index contributed by atoms with van der Waals surface area (Å²) in [5.41, 5.74) is -0.631. The van der Waals surface area contributed by atoms with Crippen molar-refractivity contribution in [1.29, 1.82) is 0 Å². The lowest BCUT2D eigenvalue weighted by Crippen LogP contribution is -2.18. The monoisotopic (exact) mass is 537 g/mol. The van der Waals surface area contributed by atoms with Crippen LogP contribution >= 0.6 is 0 Å². The standard InChI is InChI=1S/C27H19F4N5O3/c1-14-5-3-4-6-15(14)16-7-10-36-22(26(38)39)13-32-24(36)23(16)33-25(37)18-11-17(21-8-9-35(2)34-21)19(12-20(18)28)27(29,30)31/h3-13H,1-2H3,(H,33,37)(H,38,39). The van der Waals surface area contributed by atoms with Crippen molar-refractivity contribution in [3.8, 4) is 22.4 Å². The summed E-state index contributed by atoms with van der Waals surface area (Å²) in [6.07, 6.45) is -0.907. The molecule has 2 N–H and O–H groups in total. The molecule has 5 rings (SSSR count). The number of anilines is 1. The number of carboxylic acids is 1. The second-order valence-corrected chi connectivity index (χ2v) is 8.77. The number of carbonyl (C=O) groups is 2. The van der Waals surface area contributed by atoms with Crippen LogP contribution in [0.3, 0.4) is 0 Å². The molecule has 0 aliphatic heterocycles. The number of aryl methyl sites for hydroxylation is 2. The van der Waals surface area contributed by atoms with Gasteiger partial charge in [0.25, 0.3) is 5.91 Å². The van der Waals surface area contributed by atoms with Crippen LogP contribution in [0.5, 0.6) is 0 Å². The predicted octanol–water partition coefficient (Wildman–Crippen LogP) is 5.82. The second kappa shape index (κ2) is 9.39. The van der Waals surface area contributed by atoms with Gasteiger partial charge < -0.3 is 10.4 Å². The van der Waals surface area contributed by atoms with E-state index in [0.717, 1.165) is 17.8 Å². The highest BCUT2D eigenvalue weighted by atomic mass is 19.4. The number of benzene rings is 2. The van der Waals surface area contributed by atoms with Crippen molar-refractivity contribution in [2.45, 2.75) is 13.1 Å². The number of hydrogen-bond donors (Lipinski definition) is 2. The summed E-state index contributed by atoms with van der Waals surface area (Å²) < 4.78 is 58.9. The zero-order chi connectivity index (χ0) is 28.1. The lowest BCUT2D eigenvalue weighted by Gasteiger charge is -2.17. The number of nitrogens with zero attached hydrogens (tertiary/aromatic N) is 4. The van der Waals surface area contributed by atoms with Crippen LogP contribution in [0.1, 0.15) is 32.0 Å². The van der Waals surface area contributed by atoms with Crippen LogP contribution in [0, 0.1) is 12.7 Å². The summed E-state index contributed by atoms with van der Waals surface area (Å²) in [7, 11) is 1.51. The van der Waals surface area contributed by atoms with E-state index in [4.69, 9.17) is 0 Å². The normalized spacial score (nSPS) is 11.6. The summed E-state index contributed by atoms with van der Waals surface area (Å²) in [4.78, 5) is 29.3. The number of hydrogen-bond acceptors (Lipinski definition) is 4. The molecule has 0 bridgehead atoms. The molecule has 0 radical (unpaired) electrons. The van der Waals surface area contributed by atoms with Crippen LogP contribution < -0.4 is 5.32 Å². The van der Waals surface area contributed by atoms with E-state index >= 15 is 4.39 Å². The summed E-state index contributed by atoms with van der Waals surface area (Å²) in [5.74, 6) is -3.71. The van der Waals surface area contributed by atoms with Gasteiger partial charge in [0, 0.05) is 30.6 Å². The fourth-order valence-corrected chi connectivity index (χ4v) is 4.36. The van der Waals surface area contributed by atoms with Gasteiger partial charge in [-0.05, 0) is 42.3 Å². The first-order chi connectivity index (χ1) is 18.5. The molecule has 0 saturated heterocycles. The van der Waals surface area contributed by atoms with Gasteiger partial charge in [-0.2, -0.15) is 18.3 Å². The summed E-state index contributed by atoms with van der Waals surface area (Å²) >= 11 is 0. The molecule has 5 aromatic rings. The highest BCUT2D eigenvalue weighted by Crippen LogP contribution is 2.39. The van der Waals surface area contributed by atoms with Crippen molar-refractivity contribution in [1.82, 2.24) is 19.2 Å². The molecule has 3 aromatic heterocycles. The average Bonchev–Trinajstić information content (AvgIpc) is 3.50. The van der Waals surface area contributed by atoms with Crippen LogP contribution in [-0.4, -0.2) is 36.1 Å². The molecule has 3 heterocycles. The smallest absolute Gasteiger partial charge is 0.417 e. The van der Waals surface area contributed by atoms with Gasteiger partial charge in [0.05, 0.1) is 28.7 Å². The first-order valence-corrected chi connectivity index (χ1v) is 11.5. The van der Waals surface area contributed by atoms with E-state index in [1.165, 1.54) is 34.6 Å². The first-order valence-electron chi connectivity index (χ1n) is 11.5. The van der Waals surface area contributed by atoms with E-state index in [0.29, 0.717) is 11.1 Å². The number of halogens is 4. The van der Waals surface area contributed by atoms with Gasteiger partial charge in [-0.15, -0.1) is 0 Å². The number of alkyl halides is 3. The van der Waals surface area contributed by atoms with Crippen molar-refractivity contribution >= 4 is 23.2 Å². The third-order valence-corrected chi connectivity index (χ3v) is 6.22. The van der Waals surface area contributed by atoms with Crippen LogP contribution in [0.15, 0.2) is 67.1 Å². The molecular weight excluding hydrogens is 518 g/mol. The molecule has 0 spiro atoms. The molecule has 8 nitrogen and oxygen atoms in total. The number of fused-ring (bicyclic) bond motifs is 1. The van der Waals surface area contributed by atoms with Gasteiger partial charge in [0.15, 0.2) is 11.3 Å². The van der Waals surface area contributed by atoms with E-state index in [-0.39, 0.29) is 28.8 Å². The Bertz CT molecular complexity index is 1770. The van der Waals surface area contributed by atoms with Gasteiger partial charge in [0.1, 0.15) is 5.82 Å². The number of imidazole rings is 1. The molecule has 39 heavy (non-hydrogen) atoms. The van der Waals surface area contributed by atoms with E-state index in [1.54, 1.807) is 18.2 Å². The van der Waals surface area contributed by atoms with Gasteiger partial charge in [-0.25, -0.2) is 14.2 Å². The number of aromatic carboxylic acids is 1. The maximum Gasteiger partial charge on any atom is 0.417 e. The Labute approximate surface area is 218 Å². The first kappa shape index (κ1) is 25.6. The quantitative estimate of drug-likeness (QED) is 0.275. The van der Waals surface area contributed by atoms with Gasteiger partial charge in [-0.1, -0.05) is 24.3 Å². The summed E-state index contributed by atoms with van der Waals surface area (Å²) in [6, 6.07) is 11.1. The van der Waals surface area contributed by atoms with E-state index in [9.17, 15) is 27.9 Å². The topological polar surface area (TPSA) is 102 Å². The van der Waals surface area contributed by atoms with Crippen LogP contribution in [0.25, 0.3) is 28.0 Å². The Hall–Kier alpha value is -5.00. The Morgan fingerprint density at radius 2 is 1.74 bits per heavy atom. The van der Waals surface area contributed by atoms with E-state index < -0.39 is 40.6 Å². The predicted molar refractivity (Wildman–Crippen MR) is 134 cm³/mol. The van der Waals surface area contributed by atoms with Gasteiger partial charge in [-0.3, -0.25) is 13.9 Å². The number of nitrogens with one attached hydrogen (secondary N) is 1. The lowest BCUT2D eigenvalue weighted by molar-refractivity contribution is -0.137. The number of amides is 1. The number of carboxylic acid groups (broad SMARTS) is 1. The van der Waals surface area contributed by atoms with Crippen molar-refractivity contribution in [2.75, 3.05) is 5.32 Å². The lowest BCUT2D eigenvalue weighted by atomic mass is 9.98. The highest BCUT2D eigenvalue weighted by Gasteiger charge is 2.36. The molecule has 198 valence electrons. The third kappa shape index (κ3) is 4.60. The Kier molecular flexibility index (Phi) is 6.17. The number of aromatic nitrogens is 4. The summed E-state index contributed by atoms with van der Waals surface area (Å²) in [5, 5.41) is 16.1. The van der Waals surface area contributed by atoms with Gasteiger partial charge in [0.2, 0.25) is 0 Å². The Balaban J connectivity index is 1.68. The molecule has 2 aromatic carbocycles. The molecule has 0 aliphatic carbocycles. The van der Waals surface area contributed by atoms with Crippen molar-refractivity contribution in [2.24, 2.45) is 7.05 Å². The van der Waals surface area contributed by atoms with Gasteiger partial charge >= 0.3 is 12.1 Å². The van der Waals surface area contributed by atoms with E-state index in [1.807, 2.05) is 19.1 Å². The Morgan fingerprint density at radius 1 is 1.00 bits per heavy atom. The fraction of sp³-hybridized carbons (Fsp3) is 0.111. The van der Waals surface area contributed by atoms with E-state index in [2.05, 4.69) is 15.4 Å². The molecule has 1 amide bonds. The average molecular weight is 537 g/mol. The zero-order valence-electron chi connectivity index (χ0n) is 20.4. The molecule has 0 fully saturated rings. The minimum Gasteiger partial charge on any atom is -0.477 e. The zero-order valence-corrected chi connectivity index (χ0v) is 20.4. The molecule has 0 saturated carbocycles. The van der Waals surface area contributed by atoms with Crippen LogP contribution in [0.4, 0.5) is 23.2 Å². The van der Waals surface area contributed by atoms with Crippen LogP contribution in [0.2, 0.25) is 0 Å². The minimum atomic E-state index is -4.91. The second-order valence-electron chi connectivity index (χ2n) is 8.77. The molecule has 12 heteroatoms. The number of rotatable bonds is 5. The van der Waals surface area contributed by atoms with Crippen molar-refractivity contribution < 1.29 is 32.3 Å².